The zero-order chi connectivity index (χ0) is 38.5. The van der Waals surface area contributed by atoms with Crippen LogP contribution in [0.3, 0.4) is 0 Å². The Morgan fingerprint density at radius 1 is 0.615 bits per heavy atom. The molecule has 3 rings (SSSR count). The third kappa shape index (κ3) is 11.9. The molecule has 3 aliphatic heterocycles. The van der Waals surface area contributed by atoms with E-state index in [1.807, 2.05) is 6.92 Å². The van der Waals surface area contributed by atoms with Gasteiger partial charge in [0.1, 0.15) is 73.2 Å². The van der Waals surface area contributed by atoms with Crippen molar-refractivity contribution in [3.05, 3.63) is 0 Å². The molecule has 1 amide bonds. The van der Waals surface area contributed by atoms with Crippen LogP contribution < -0.4 is 5.32 Å². The van der Waals surface area contributed by atoms with Gasteiger partial charge < -0.3 is 89.9 Å². The molecule has 17 unspecified atom stereocenters. The predicted octanol–water partition coefficient (Wildman–Crippen LogP) is -4.15. The summed E-state index contributed by atoms with van der Waals surface area (Å²) in [6, 6.07) is -0.869. The van der Waals surface area contributed by atoms with Gasteiger partial charge in [0.25, 0.3) is 0 Å². The van der Waals surface area contributed by atoms with E-state index in [1.54, 1.807) is 0 Å². The number of rotatable bonds is 21. The maximum absolute atomic E-state index is 12.6. The first-order chi connectivity index (χ1) is 24.8. The standard InChI is InChI=1S/C33H61NO18/c1-3-5-7-9-10-17(38)16(34-21(39)11-8-6-4-2)15-47-31-27(45)24(42)29(19(13-36)49-31)52-33-28(46)25(43)30(20(14-37)50-33)51-32-26(44)23(41)22(40)18(12-35)48-32/h16-20,22-33,35-38,40-46H,3-15H2,1-2H3,(H,34,39). The van der Waals surface area contributed by atoms with Crippen LogP contribution in [0.15, 0.2) is 0 Å². The summed E-state index contributed by atoms with van der Waals surface area (Å²) in [6.07, 6.45) is -19.7. The zero-order valence-corrected chi connectivity index (χ0v) is 29.8. The number of nitrogens with one attached hydrogen (secondary N) is 1. The lowest BCUT2D eigenvalue weighted by molar-refractivity contribution is -0.379. The summed E-state index contributed by atoms with van der Waals surface area (Å²) >= 11 is 0. The minimum atomic E-state index is -1.96. The van der Waals surface area contributed by atoms with Gasteiger partial charge in [-0.15, -0.1) is 0 Å². The van der Waals surface area contributed by atoms with Crippen LogP contribution in [-0.4, -0.2) is 193 Å². The fraction of sp³-hybridized carbons (Fsp3) is 0.970. The minimum Gasteiger partial charge on any atom is -0.394 e. The van der Waals surface area contributed by atoms with Crippen LogP contribution in [0.1, 0.15) is 71.6 Å². The molecule has 12 N–H and O–H groups in total. The van der Waals surface area contributed by atoms with Crippen LogP contribution >= 0.6 is 0 Å². The van der Waals surface area contributed by atoms with Crippen molar-refractivity contribution >= 4 is 5.91 Å². The van der Waals surface area contributed by atoms with Gasteiger partial charge in [-0.05, 0) is 12.8 Å². The van der Waals surface area contributed by atoms with E-state index in [0.717, 1.165) is 32.1 Å². The van der Waals surface area contributed by atoms with Gasteiger partial charge in [-0.25, -0.2) is 0 Å². The second kappa shape index (κ2) is 22.4. The summed E-state index contributed by atoms with van der Waals surface area (Å²) in [5.41, 5.74) is 0. The van der Waals surface area contributed by atoms with E-state index < -0.39 is 124 Å². The highest BCUT2D eigenvalue weighted by atomic mass is 16.8. The van der Waals surface area contributed by atoms with Crippen LogP contribution in [-0.2, 0) is 33.2 Å². The molecule has 3 aliphatic rings. The van der Waals surface area contributed by atoms with E-state index >= 15 is 0 Å². The number of carbonyl (C=O) groups excluding carboxylic acids is 1. The van der Waals surface area contributed by atoms with E-state index in [-0.39, 0.29) is 18.9 Å². The molecule has 0 aromatic heterocycles. The molecule has 0 aromatic carbocycles. The third-order valence-corrected chi connectivity index (χ3v) is 9.68. The Hall–Kier alpha value is -1.21. The lowest BCUT2D eigenvalue weighted by atomic mass is 9.96. The smallest absolute Gasteiger partial charge is 0.220 e. The molecule has 17 atom stereocenters. The van der Waals surface area contributed by atoms with Gasteiger partial charge in [-0.1, -0.05) is 52.4 Å². The predicted molar refractivity (Wildman–Crippen MR) is 176 cm³/mol. The van der Waals surface area contributed by atoms with Crippen LogP contribution in [0, 0.1) is 0 Å². The molecule has 3 fully saturated rings. The number of hydrogen-bond donors (Lipinski definition) is 12. The van der Waals surface area contributed by atoms with E-state index in [1.165, 1.54) is 0 Å². The van der Waals surface area contributed by atoms with Crippen LogP contribution in [0.25, 0.3) is 0 Å². The molecule has 19 heteroatoms. The molecule has 306 valence electrons. The van der Waals surface area contributed by atoms with Crippen molar-refractivity contribution in [2.24, 2.45) is 0 Å². The average molecular weight is 760 g/mol. The maximum Gasteiger partial charge on any atom is 0.220 e. The van der Waals surface area contributed by atoms with E-state index in [9.17, 15) is 61.0 Å². The molecule has 19 nitrogen and oxygen atoms in total. The first-order valence-corrected chi connectivity index (χ1v) is 18.3. The quantitative estimate of drug-likeness (QED) is 0.0494. The van der Waals surface area contributed by atoms with Crippen molar-refractivity contribution in [2.45, 2.75) is 176 Å². The molecule has 52 heavy (non-hydrogen) atoms. The Bertz CT molecular complexity index is 1010. The van der Waals surface area contributed by atoms with Crippen molar-refractivity contribution in [1.82, 2.24) is 5.32 Å². The van der Waals surface area contributed by atoms with Crippen molar-refractivity contribution in [2.75, 3.05) is 26.4 Å². The van der Waals surface area contributed by atoms with E-state index in [2.05, 4.69) is 12.2 Å². The Balaban J connectivity index is 1.65. The topological polar surface area (TPSA) is 307 Å². The normalized spacial score (nSPS) is 39.6. The van der Waals surface area contributed by atoms with Gasteiger partial charge in [0.2, 0.25) is 5.91 Å². The minimum absolute atomic E-state index is 0.251. The molecule has 0 bridgehead atoms. The van der Waals surface area contributed by atoms with Crippen molar-refractivity contribution < 1.29 is 89.4 Å². The molecule has 0 spiro atoms. The Morgan fingerprint density at radius 2 is 1.10 bits per heavy atom. The first-order valence-electron chi connectivity index (χ1n) is 18.3. The highest BCUT2D eigenvalue weighted by Crippen LogP contribution is 2.32. The van der Waals surface area contributed by atoms with E-state index in [0.29, 0.717) is 19.3 Å². The maximum atomic E-state index is 12.6. The monoisotopic (exact) mass is 759 g/mol. The number of hydrogen-bond acceptors (Lipinski definition) is 18. The Kier molecular flexibility index (Phi) is 19.4. The van der Waals surface area contributed by atoms with Crippen molar-refractivity contribution in [3.8, 4) is 0 Å². The summed E-state index contributed by atoms with van der Waals surface area (Å²) < 4.78 is 33.6. The van der Waals surface area contributed by atoms with Gasteiger partial charge >= 0.3 is 0 Å². The first kappa shape index (κ1) is 45.2. The second-order valence-electron chi connectivity index (χ2n) is 13.7. The lowest BCUT2D eigenvalue weighted by Crippen LogP contribution is -2.66. The van der Waals surface area contributed by atoms with Gasteiger partial charge in [-0.3, -0.25) is 4.79 Å². The molecule has 0 aromatic rings. The number of carbonyl (C=O) groups is 1. The highest BCUT2D eigenvalue weighted by Gasteiger charge is 2.53. The fourth-order valence-electron chi connectivity index (χ4n) is 6.42. The second-order valence-corrected chi connectivity index (χ2v) is 13.7. The van der Waals surface area contributed by atoms with Crippen LogP contribution in [0.2, 0.25) is 0 Å². The summed E-state index contributed by atoms with van der Waals surface area (Å²) in [7, 11) is 0. The fourth-order valence-corrected chi connectivity index (χ4v) is 6.42. The van der Waals surface area contributed by atoms with Crippen molar-refractivity contribution in [3.63, 3.8) is 0 Å². The number of aliphatic hydroxyl groups is 11. The lowest BCUT2D eigenvalue weighted by Gasteiger charge is -2.48. The number of ether oxygens (including phenoxy) is 6. The number of aliphatic hydroxyl groups excluding tert-OH is 11. The largest absolute Gasteiger partial charge is 0.394 e. The van der Waals surface area contributed by atoms with Crippen molar-refractivity contribution in [1.29, 1.82) is 0 Å². The van der Waals surface area contributed by atoms with Gasteiger partial charge in [0.05, 0.1) is 38.6 Å². The number of amides is 1. The average Bonchev–Trinajstić information content (AvgIpc) is 3.13. The van der Waals surface area contributed by atoms with Gasteiger partial charge in [0, 0.05) is 6.42 Å². The molecule has 0 saturated carbocycles. The summed E-state index contributed by atoms with van der Waals surface area (Å²) in [4.78, 5) is 12.6. The van der Waals surface area contributed by atoms with Crippen LogP contribution in [0.5, 0.6) is 0 Å². The Morgan fingerprint density at radius 3 is 1.63 bits per heavy atom. The molecule has 3 saturated heterocycles. The molecule has 0 aliphatic carbocycles. The summed E-state index contributed by atoms with van der Waals surface area (Å²) in [6.45, 7) is 1.36. The SMILES string of the molecule is CCCCCCC(O)C(COC1OC(CO)C(OC2OC(CO)C(OC3OC(CO)C(O)C(O)C3O)C(O)C2O)C(O)C1O)NC(=O)CCCCC. The van der Waals surface area contributed by atoms with Gasteiger partial charge in [0.15, 0.2) is 18.9 Å². The van der Waals surface area contributed by atoms with Gasteiger partial charge in [-0.2, -0.15) is 0 Å². The zero-order valence-electron chi connectivity index (χ0n) is 29.8. The summed E-state index contributed by atoms with van der Waals surface area (Å²) in [5.74, 6) is -0.281. The highest BCUT2D eigenvalue weighted by molar-refractivity contribution is 5.76. The number of unbranched alkanes of at least 4 members (excludes halogenated alkanes) is 5. The molecule has 0 radical (unpaired) electrons. The third-order valence-electron chi connectivity index (χ3n) is 9.68. The van der Waals surface area contributed by atoms with Crippen LogP contribution in [0.4, 0.5) is 0 Å². The molecular weight excluding hydrogens is 698 g/mol. The Labute approximate surface area is 303 Å². The van der Waals surface area contributed by atoms with E-state index in [4.69, 9.17) is 28.4 Å². The molecule has 3 heterocycles. The molecular formula is C33H61NO18. The summed E-state index contributed by atoms with van der Waals surface area (Å²) in [5, 5.41) is 118.